The van der Waals surface area contributed by atoms with Gasteiger partial charge in [0.05, 0.1) is 14.2 Å². The summed E-state index contributed by atoms with van der Waals surface area (Å²) in [4.78, 5) is 30.4. The molecule has 0 saturated carbocycles. The second-order valence-corrected chi connectivity index (χ2v) is 9.54. The largest absolute Gasteiger partial charge is 0.497 e. The predicted octanol–water partition coefficient (Wildman–Crippen LogP) is 4.44. The summed E-state index contributed by atoms with van der Waals surface area (Å²) in [6, 6.07) is 11.2. The highest BCUT2D eigenvalue weighted by Crippen LogP contribution is 2.25. The maximum atomic E-state index is 13.0. The Morgan fingerprint density at radius 3 is 2.06 bits per heavy atom. The summed E-state index contributed by atoms with van der Waals surface area (Å²) in [6.07, 6.45) is 0. The number of rotatable bonds is 8. The van der Waals surface area contributed by atoms with Gasteiger partial charge in [0.2, 0.25) is 17.6 Å². The van der Waals surface area contributed by atoms with Crippen molar-refractivity contribution in [1.82, 2.24) is 15.5 Å². The number of ether oxygens (including phenoxy) is 2. The second kappa shape index (κ2) is 10.6. The minimum absolute atomic E-state index is 0.152. The lowest BCUT2D eigenvalue weighted by Crippen LogP contribution is -2.47. The van der Waals surface area contributed by atoms with E-state index in [9.17, 15) is 9.59 Å². The Bertz CT molecular complexity index is 1160. The number of hydrogen-bond donors (Lipinski definition) is 2. The van der Waals surface area contributed by atoms with Gasteiger partial charge in [-0.1, -0.05) is 39.8 Å². The van der Waals surface area contributed by atoms with Crippen LogP contribution in [0.2, 0.25) is 0 Å². The summed E-state index contributed by atoms with van der Waals surface area (Å²) < 4.78 is 15.8. The molecule has 1 heterocycles. The van der Waals surface area contributed by atoms with Gasteiger partial charge in [-0.25, -0.2) is 0 Å². The number of nitrogens with one attached hydrogen (secondary N) is 2. The van der Waals surface area contributed by atoms with Crippen molar-refractivity contribution in [1.29, 1.82) is 0 Å². The van der Waals surface area contributed by atoms with Gasteiger partial charge in [-0.15, -0.1) is 0 Å². The highest BCUT2D eigenvalue weighted by Gasteiger charge is 2.26. The molecule has 0 aliphatic carbocycles. The lowest BCUT2D eigenvalue weighted by molar-refractivity contribution is -0.118. The minimum Gasteiger partial charge on any atom is -0.497 e. The van der Waals surface area contributed by atoms with Crippen LogP contribution in [-0.4, -0.2) is 42.2 Å². The summed E-state index contributed by atoms with van der Waals surface area (Å²) in [5.41, 5.74) is 1.44. The molecule has 0 bridgehead atoms. The van der Waals surface area contributed by atoms with Crippen LogP contribution >= 0.6 is 0 Å². The Hall–Kier alpha value is -3.88. The molecule has 0 aliphatic heterocycles. The maximum Gasteiger partial charge on any atom is 0.252 e. The Morgan fingerprint density at radius 2 is 1.57 bits per heavy atom. The van der Waals surface area contributed by atoms with Crippen LogP contribution in [0, 0.1) is 5.92 Å². The molecule has 1 atom stereocenters. The fraction of sp³-hybridized carbons (Fsp3) is 0.385. The van der Waals surface area contributed by atoms with Crippen LogP contribution in [0.25, 0.3) is 11.4 Å². The van der Waals surface area contributed by atoms with Crippen LogP contribution in [0.5, 0.6) is 11.5 Å². The molecule has 0 spiro atoms. The number of aromatic nitrogens is 2. The number of anilines is 1. The molecule has 2 aromatic carbocycles. The zero-order valence-corrected chi connectivity index (χ0v) is 21.1. The van der Waals surface area contributed by atoms with Gasteiger partial charge in [-0.3, -0.25) is 9.59 Å². The molecule has 0 fully saturated rings. The number of hydrogen-bond acceptors (Lipinski definition) is 7. The van der Waals surface area contributed by atoms with E-state index in [2.05, 4.69) is 20.8 Å². The highest BCUT2D eigenvalue weighted by atomic mass is 16.5. The van der Waals surface area contributed by atoms with E-state index < -0.39 is 11.9 Å². The van der Waals surface area contributed by atoms with Crippen LogP contribution in [0.15, 0.2) is 47.0 Å². The molecular weight excluding hydrogens is 448 g/mol. The van der Waals surface area contributed by atoms with Gasteiger partial charge in [0.1, 0.15) is 17.5 Å². The van der Waals surface area contributed by atoms with Crippen LogP contribution in [0.4, 0.5) is 5.69 Å². The Morgan fingerprint density at radius 1 is 0.971 bits per heavy atom. The first kappa shape index (κ1) is 25.7. The molecule has 0 aliphatic rings. The fourth-order valence-electron chi connectivity index (χ4n) is 3.27. The standard InChI is InChI=1S/C26H32N4O5/c1-15(2)21(28-23(31)17-12-19(33-6)14-20(13-17)34-7)24(32)27-18-10-8-16(9-11-18)22-29-25(35-30-22)26(3,4)5/h8-15,21H,1-7H3,(H,27,32)(H,28,31). The zero-order chi connectivity index (χ0) is 25.8. The average molecular weight is 481 g/mol. The lowest BCUT2D eigenvalue weighted by Gasteiger charge is -2.22. The van der Waals surface area contributed by atoms with Gasteiger partial charge in [0.25, 0.3) is 5.91 Å². The lowest BCUT2D eigenvalue weighted by atomic mass is 9.97. The molecule has 1 aromatic heterocycles. The van der Waals surface area contributed by atoms with Crippen LogP contribution in [0.3, 0.4) is 0 Å². The van der Waals surface area contributed by atoms with E-state index in [0.29, 0.717) is 34.5 Å². The van der Waals surface area contributed by atoms with Crippen molar-refractivity contribution in [3.63, 3.8) is 0 Å². The van der Waals surface area contributed by atoms with Crippen molar-refractivity contribution in [3.05, 3.63) is 53.9 Å². The van der Waals surface area contributed by atoms with Crippen molar-refractivity contribution in [2.45, 2.75) is 46.1 Å². The summed E-state index contributed by atoms with van der Waals surface area (Å²) >= 11 is 0. The first-order valence-corrected chi connectivity index (χ1v) is 11.3. The summed E-state index contributed by atoms with van der Waals surface area (Å²) in [6.45, 7) is 9.72. The van der Waals surface area contributed by atoms with Crippen molar-refractivity contribution >= 4 is 17.5 Å². The predicted molar refractivity (Wildman–Crippen MR) is 133 cm³/mol. The van der Waals surface area contributed by atoms with Gasteiger partial charge >= 0.3 is 0 Å². The first-order chi connectivity index (χ1) is 16.5. The van der Waals surface area contributed by atoms with Crippen LogP contribution in [0.1, 0.15) is 50.9 Å². The fourth-order valence-corrected chi connectivity index (χ4v) is 3.27. The zero-order valence-electron chi connectivity index (χ0n) is 21.1. The Kier molecular flexibility index (Phi) is 7.78. The normalized spacial score (nSPS) is 12.2. The molecule has 35 heavy (non-hydrogen) atoms. The molecule has 1 unspecified atom stereocenters. The van der Waals surface area contributed by atoms with E-state index in [0.717, 1.165) is 5.56 Å². The molecule has 2 N–H and O–H groups in total. The minimum atomic E-state index is -0.758. The SMILES string of the molecule is COc1cc(OC)cc(C(=O)NC(C(=O)Nc2ccc(-c3noc(C(C)(C)C)n3)cc2)C(C)C)c1. The van der Waals surface area contributed by atoms with Gasteiger partial charge in [-0.05, 0) is 42.3 Å². The number of methoxy groups -OCH3 is 2. The third-order valence-electron chi connectivity index (χ3n) is 5.33. The van der Waals surface area contributed by atoms with E-state index in [4.69, 9.17) is 14.0 Å². The van der Waals surface area contributed by atoms with Crippen LogP contribution in [-0.2, 0) is 10.2 Å². The molecule has 9 heteroatoms. The van der Waals surface area contributed by atoms with Crippen molar-refractivity contribution < 1.29 is 23.6 Å². The molecule has 3 aromatic rings. The van der Waals surface area contributed by atoms with Crippen LogP contribution < -0.4 is 20.1 Å². The molecule has 9 nitrogen and oxygen atoms in total. The highest BCUT2D eigenvalue weighted by molar-refractivity contribution is 6.01. The van der Waals surface area contributed by atoms with Crippen molar-refractivity contribution in [2.75, 3.05) is 19.5 Å². The summed E-state index contributed by atoms with van der Waals surface area (Å²) in [5.74, 6) is 1.11. The molecule has 0 saturated heterocycles. The topological polar surface area (TPSA) is 116 Å². The van der Waals surface area contributed by atoms with Gasteiger partial charge in [0, 0.05) is 28.3 Å². The third-order valence-corrected chi connectivity index (χ3v) is 5.33. The van der Waals surface area contributed by atoms with Gasteiger partial charge < -0.3 is 24.6 Å². The molecule has 186 valence electrons. The number of carbonyl (C=O) groups is 2. The number of carbonyl (C=O) groups excluding carboxylic acids is 2. The molecular formula is C26H32N4O5. The van der Waals surface area contributed by atoms with E-state index in [1.165, 1.54) is 14.2 Å². The van der Waals surface area contributed by atoms with E-state index in [1.54, 1.807) is 42.5 Å². The average Bonchev–Trinajstić information content (AvgIpc) is 3.33. The maximum absolute atomic E-state index is 13.0. The Labute approximate surface area is 205 Å². The van der Waals surface area contributed by atoms with Gasteiger partial charge in [-0.2, -0.15) is 4.98 Å². The number of nitrogens with zero attached hydrogens (tertiary/aromatic N) is 2. The first-order valence-electron chi connectivity index (χ1n) is 11.3. The monoisotopic (exact) mass is 480 g/mol. The van der Waals surface area contributed by atoms with E-state index in [1.807, 2.05) is 34.6 Å². The molecule has 0 radical (unpaired) electrons. The summed E-state index contributed by atoms with van der Waals surface area (Å²) in [5, 5.41) is 9.72. The quantitative estimate of drug-likeness (QED) is 0.489. The number of benzene rings is 2. The van der Waals surface area contributed by atoms with E-state index >= 15 is 0 Å². The number of amides is 2. The molecule has 2 amide bonds. The summed E-state index contributed by atoms with van der Waals surface area (Å²) in [7, 11) is 3.02. The van der Waals surface area contributed by atoms with E-state index in [-0.39, 0.29) is 17.2 Å². The smallest absolute Gasteiger partial charge is 0.252 e. The van der Waals surface area contributed by atoms with Crippen molar-refractivity contribution in [2.24, 2.45) is 5.92 Å². The molecule has 3 rings (SSSR count). The van der Waals surface area contributed by atoms with Crippen molar-refractivity contribution in [3.8, 4) is 22.9 Å². The second-order valence-electron chi connectivity index (χ2n) is 9.54. The third kappa shape index (κ3) is 6.38. The van der Waals surface area contributed by atoms with Gasteiger partial charge in [0.15, 0.2) is 0 Å². The Balaban J connectivity index is 1.71.